The van der Waals surface area contributed by atoms with E-state index < -0.39 is 5.60 Å². The van der Waals surface area contributed by atoms with Crippen LogP contribution in [-0.4, -0.2) is 47.7 Å². The van der Waals surface area contributed by atoms with Crippen molar-refractivity contribution < 1.29 is 9.90 Å². The molecule has 1 aliphatic heterocycles. The number of hydrogen-bond donors (Lipinski definition) is 2. The lowest BCUT2D eigenvalue weighted by Crippen LogP contribution is -2.56. The molecule has 0 radical (unpaired) electrons. The first-order valence-corrected chi connectivity index (χ1v) is 12.2. The molecule has 2 N–H and O–H groups in total. The Labute approximate surface area is 192 Å². The smallest absolute Gasteiger partial charge is 0.238 e. The molecule has 2 aromatic carbocycles. The Balaban J connectivity index is 1.58. The van der Waals surface area contributed by atoms with Crippen molar-refractivity contribution in [3.05, 3.63) is 60.2 Å². The highest BCUT2D eigenvalue weighted by molar-refractivity contribution is 5.92. The zero-order chi connectivity index (χ0) is 22.6. The molecule has 2 aromatic rings. The Morgan fingerprint density at radius 1 is 1.06 bits per heavy atom. The average Bonchev–Trinajstić information content (AvgIpc) is 2.81. The summed E-state index contributed by atoms with van der Waals surface area (Å²) in [6.45, 7) is 7.38. The number of likely N-dealkylation sites (tertiary alicyclic amines) is 1. The summed E-state index contributed by atoms with van der Waals surface area (Å²) in [6.07, 6.45) is 4.86. The van der Waals surface area contributed by atoms with Crippen LogP contribution in [0.1, 0.15) is 57.6 Å². The number of carbonyl (C=O) groups excluding carboxylic acids is 1. The number of piperidine rings is 1. The molecule has 1 saturated carbocycles. The Kier molecular flexibility index (Phi) is 7.17. The van der Waals surface area contributed by atoms with Gasteiger partial charge in [0.1, 0.15) is 0 Å². The highest BCUT2D eigenvalue weighted by Crippen LogP contribution is 2.49. The van der Waals surface area contributed by atoms with E-state index in [1.54, 1.807) is 0 Å². The third-order valence-electron chi connectivity index (χ3n) is 7.44. The van der Waals surface area contributed by atoms with Crippen molar-refractivity contribution in [3.8, 4) is 0 Å². The molecule has 0 unspecified atom stereocenters. The molecule has 1 aliphatic carbocycles. The van der Waals surface area contributed by atoms with Gasteiger partial charge in [-0.15, -0.1) is 0 Å². The summed E-state index contributed by atoms with van der Waals surface area (Å²) in [5.74, 6) is 0.163. The molecular formula is C27H37N3O2. The zero-order valence-corrected chi connectivity index (χ0v) is 19.5. The molecule has 5 heteroatoms. The summed E-state index contributed by atoms with van der Waals surface area (Å²) < 4.78 is 0. The first-order chi connectivity index (χ1) is 15.5. The number of benzene rings is 2. The molecule has 0 spiro atoms. The molecule has 1 heterocycles. The van der Waals surface area contributed by atoms with E-state index in [1.807, 2.05) is 30.3 Å². The van der Waals surface area contributed by atoms with E-state index in [4.69, 9.17) is 0 Å². The fourth-order valence-corrected chi connectivity index (χ4v) is 5.74. The van der Waals surface area contributed by atoms with Gasteiger partial charge in [0.25, 0.3) is 0 Å². The molecule has 5 nitrogen and oxygen atoms in total. The SMILES string of the molecule is CCN(CC)c1ccc([C@H]2[C@@H]3CCCC[C@]3(O)CCN2CC(=O)Nc2ccccc2)cc1. The van der Waals surface area contributed by atoms with Crippen molar-refractivity contribution in [1.29, 1.82) is 0 Å². The van der Waals surface area contributed by atoms with Gasteiger partial charge in [0.15, 0.2) is 0 Å². The van der Waals surface area contributed by atoms with E-state index in [0.29, 0.717) is 6.54 Å². The Bertz CT molecular complexity index is 882. The maximum atomic E-state index is 12.9. The van der Waals surface area contributed by atoms with E-state index in [0.717, 1.165) is 57.4 Å². The van der Waals surface area contributed by atoms with E-state index in [-0.39, 0.29) is 17.9 Å². The molecule has 32 heavy (non-hydrogen) atoms. The second-order valence-electron chi connectivity index (χ2n) is 9.30. The van der Waals surface area contributed by atoms with E-state index in [2.05, 4.69) is 53.2 Å². The minimum Gasteiger partial charge on any atom is -0.389 e. The summed E-state index contributed by atoms with van der Waals surface area (Å²) in [7, 11) is 0. The maximum Gasteiger partial charge on any atom is 0.238 e. The number of fused-ring (bicyclic) bond motifs is 1. The Morgan fingerprint density at radius 2 is 1.78 bits per heavy atom. The fraction of sp³-hybridized carbons (Fsp3) is 0.519. The second kappa shape index (κ2) is 10.1. The highest BCUT2D eigenvalue weighted by atomic mass is 16.3. The molecular weight excluding hydrogens is 398 g/mol. The first kappa shape index (κ1) is 22.8. The quantitative estimate of drug-likeness (QED) is 0.653. The minimum absolute atomic E-state index is 0.00205. The van der Waals surface area contributed by atoms with Gasteiger partial charge >= 0.3 is 0 Å². The van der Waals surface area contributed by atoms with Gasteiger partial charge in [0.05, 0.1) is 12.1 Å². The van der Waals surface area contributed by atoms with E-state index in [9.17, 15) is 9.90 Å². The third kappa shape index (κ3) is 4.84. The number of nitrogens with zero attached hydrogens (tertiary/aromatic N) is 2. The fourth-order valence-electron chi connectivity index (χ4n) is 5.74. The maximum absolute atomic E-state index is 12.9. The molecule has 1 amide bonds. The standard InChI is InChI=1S/C27H37N3O2/c1-3-29(4-2)23-15-13-21(14-16-23)26-24-12-8-9-17-27(24,32)18-19-30(26)20-25(31)28-22-10-6-5-7-11-22/h5-7,10-11,13-16,24,26,32H,3-4,8-9,12,17-20H2,1-2H3,(H,28,31)/t24-,26-,27-/m0/s1. The normalized spacial score (nSPS) is 25.7. The Morgan fingerprint density at radius 3 is 2.47 bits per heavy atom. The number of rotatable bonds is 7. The van der Waals surface area contributed by atoms with Gasteiger partial charge in [-0.25, -0.2) is 0 Å². The van der Waals surface area contributed by atoms with Gasteiger partial charge < -0.3 is 15.3 Å². The van der Waals surface area contributed by atoms with Crippen molar-refractivity contribution in [2.45, 2.75) is 57.6 Å². The molecule has 3 atom stereocenters. The van der Waals surface area contributed by atoms with Gasteiger partial charge in [0, 0.05) is 43.0 Å². The Hall–Kier alpha value is -2.37. The van der Waals surface area contributed by atoms with Crippen LogP contribution in [0.3, 0.4) is 0 Å². The predicted octanol–water partition coefficient (Wildman–Crippen LogP) is 4.84. The average molecular weight is 436 g/mol. The molecule has 2 aliphatic rings. The van der Waals surface area contributed by atoms with Crippen molar-refractivity contribution in [2.24, 2.45) is 5.92 Å². The minimum atomic E-state index is -0.618. The number of amides is 1. The summed E-state index contributed by atoms with van der Waals surface area (Å²) >= 11 is 0. The molecule has 2 fully saturated rings. The van der Waals surface area contributed by atoms with Gasteiger partial charge in [0.2, 0.25) is 5.91 Å². The summed E-state index contributed by atoms with van der Waals surface area (Å²) in [4.78, 5) is 17.5. The number of aliphatic hydroxyl groups is 1. The van der Waals surface area contributed by atoms with Gasteiger partial charge in [-0.05, 0) is 62.9 Å². The molecule has 4 rings (SSSR count). The first-order valence-electron chi connectivity index (χ1n) is 12.2. The molecule has 172 valence electrons. The second-order valence-corrected chi connectivity index (χ2v) is 9.30. The van der Waals surface area contributed by atoms with Crippen LogP contribution in [-0.2, 0) is 4.79 Å². The van der Waals surface area contributed by atoms with Crippen LogP contribution >= 0.6 is 0 Å². The number of para-hydroxylation sites is 1. The van der Waals surface area contributed by atoms with Crippen LogP contribution in [0.15, 0.2) is 54.6 Å². The van der Waals surface area contributed by atoms with Crippen molar-refractivity contribution in [1.82, 2.24) is 4.90 Å². The molecule has 0 bridgehead atoms. The number of hydrogen-bond acceptors (Lipinski definition) is 4. The molecule has 1 saturated heterocycles. The van der Waals surface area contributed by atoms with Crippen LogP contribution in [0.25, 0.3) is 0 Å². The zero-order valence-electron chi connectivity index (χ0n) is 19.5. The highest BCUT2D eigenvalue weighted by Gasteiger charge is 2.49. The third-order valence-corrected chi connectivity index (χ3v) is 7.44. The van der Waals surface area contributed by atoms with E-state index >= 15 is 0 Å². The lowest BCUT2D eigenvalue weighted by molar-refractivity contribution is -0.135. The van der Waals surface area contributed by atoms with Crippen molar-refractivity contribution in [3.63, 3.8) is 0 Å². The van der Waals surface area contributed by atoms with Gasteiger partial charge in [-0.1, -0.05) is 43.2 Å². The van der Waals surface area contributed by atoms with Crippen molar-refractivity contribution >= 4 is 17.3 Å². The monoisotopic (exact) mass is 435 g/mol. The van der Waals surface area contributed by atoms with Gasteiger partial charge in [-0.2, -0.15) is 0 Å². The summed E-state index contributed by atoms with van der Waals surface area (Å²) in [5, 5.41) is 14.5. The van der Waals surface area contributed by atoms with Crippen LogP contribution in [0.4, 0.5) is 11.4 Å². The van der Waals surface area contributed by atoms with Crippen LogP contribution in [0, 0.1) is 5.92 Å². The largest absolute Gasteiger partial charge is 0.389 e. The van der Waals surface area contributed by atoms with Gasteiger partial charge in [-0.3, -0.25) is 9.69 Å². The number of carbonyl (C=O) groups is 1. The van der Waals surface area contributed by atoms with E-state index in [1.165, 1.54) is 11.3 Å². The van der Waals surface area contributed by atoms with Crippen LogP contribution < -0.4 is 10.2 Å². The van der Waals surface area contributed by atoms with Crippen LogP contribution in [0.5, 0.6) is 0 Å². The lowest BCUT2D eigenvalue weighted by Gasteiger charge is -2.52. The predicted molar refractivity (Wildman–Crippen MR) is 131 cm³/mol. The number of nitrogens with one attached hydrogen (secondary N) is 1. The number of anilines is 2. The topological polar surface area (TPSA) is 55.8 Å². The summed E-state index contributed by atoms with van der Waals surface area (Å²) in [6, 6.07) is 18.5. The van der Waals surface area contributed by atoms with Crippen molar-refractivity contribution in [2.75, 3.05) is 36.4 Å². The van der Waals surface area contributed by atoms with Crippen LogP contribution in [0.2, 0.25) is 0 Å². The molecule has 0 aromatic heterocycles. The summed E-state index contributed by atoms with van der Waals surface area (Å²) in [5.41, 5.74) is 2.64. The lowest BCUT2D eigenvalue weighted by atomic mass is 9.66.